The molecule has 1 saturated heterocycles. The summed E-state index contributed by atoms with van der Waals surface area (Å²) in [6.45, 7) is 7.36. The van der Waals surface area contributed by atoms with E-state index in [9.17, 15) is 19.2 Å². The van der Waals surface area contributed by atoms with Crippen molar-refractivity contribution < 1.29 is 19.2 Å². The minimum Gasteiger partial charge on any atom is -0.341 e. The normalized spacial score (nSPS) is 15.4. The lowest BCUT2D eigenvalue weighted by molar-refractivity contribution is -0.143. The van der Waals surface area contributed by atoms with Gasteiger partial charge in [0.25, 0.3) is 0 Å². The maximum Gasteiger partial charge on any atom is 0.334 e. The quantitative estimate of drug-likeness (QED) is 0.410. The Hall–Kier alpha value is -3.22. The zero-order valence-corrected chi connectivity index (χ0v) is 17.1. The predicted molar refractivity (Wildman–Crippen MR) is 108 cm³/mol. The lowest BCUT2D eigenvalue weighted by atomic mass is 10.1. The van der Waals surface area contributed by atoms with Crippen LogP contribution in [-0.4, -0.2) is 51.1 Å². The number of hydrogen-bond acceptors (Lipinski definition) is 4. The first-order chi connectivity index (χ1) is 13.8. The van der Waals surface area contributed by atoms with Crippen LogP contribution >= 0.6 is 0 Å². The van der Waals surface area contributed by atoms with E-state index in [2.05, 4.69) is 11.5 Å². The Kier molecular flexibility index (Phi) is 5.68. The number of urea groups is 1. The van der Waals surface area contributed by atoms with Crippen LogP contribution in [0.25, 0.3) is 0 Å². The molecule has 0 saturated carbocycles. The van der Waals surface area contributed by atoms with Gasteiger partial charge in [-0.05, 0) is 38.8 Å². The van der Waals surface area contributed by atoms with Gasteiger partial charge in [-0.2, -0.15) is 0 Å². The lowest BCUT2D eigenvalue weighted by Crippen LogP contribution is -2.37. The number of aryl methyl sites for hydroxylation is 1. The van der Waals surface area contributed by atoms with Crippen molar-refractivity contribution in [3.8, 4) is 0 Å². The van der Waals surface area contributed by atoms with Crippen LogP contribution in [0, 0.1) is 13.8 Å². The number of amides is 4. The molecular formula is C22H25N3O4. The van der Waals surface area contributed by atoms with Gasteiger partial charge in [0, 0.05) is 23.5 Å². The number of nitrogens with zero attached hydrogens (tertiary/aromatic N) is 3. The van der Waals surface area contributed by atoms with E-state index < -0.39 is 24.4 Å². The van der Waals surface area contributed by atoms with Gasteiger partial charge >= 0.3 is 17.8 Å². The molecule has 152 valence electrons. The topological polar surface area (TPSA) is 79.7 Å². The molecule has 1 aromatic carbocycles. The minimum atomic E-state index is -0.941. The summed E-state index contributed by atoms with van der Waals surface area (Å²) in [5.41, 5.74) is 3.23. The molecule has 1 aliphatic rings. The summed E-state index contributed by atoms with van der Waals surface area (Å²) in [4.78, 5) is 51.1. The summed E-state index contributed by atoms with van der Waals surface area (Å²) < 4.78 is 2.06. The number of aromatic nitrogens is 1. The molecule has 1 aromatic heterocycles. The molecule has 1 fully saturated rings. The fourth-order valence-electron chi connectivity index (χ4n) is 3.88. The zero-order valence-electron chi connectivity index (χ0n) is 17.1. The molecule has 4 amide bonds. The Bertz CT molecular complexity index is 977. The average Bonchev–Trinajstić information content (AvgIpc) is 3.11. The maximum atomic E-state index is 12.9. The molecule has 7 nitrogen and oxygen atoms in total. The molecule has 2 heterocycles. The fraction of sp³-hybridized carbons (Fsp3) is 0.364. The molecule has 1 atom stereocenters. The van der Waals surface area contributed by atoms with Crippen molar-refractivity contribution in [2.45, 2.75) is 40.2 Å². The van der Waals surface area contributed by atoms with Crippen LogP contribution < -0.4 is 0 Å². The van der Waals surface area contributed by atoms with Crippen LogP contribution in [0.1, 0.15) is 53.6 Å². The van der Waals surface area contributed by atoms with Crippen molar-refractivity contribution in [1.29, 1.82) is 0 Å². The highest BCUT2D eigenvalue weighted by atomic mass is 16.2. The van der Waals surface area contributed by atoms with Gasteiger partial charge in [0.05, 0.1) is 12.6 Å². The molecule has 3 rings (SSSR count). The molecule has 0 aliphatic carbocycles. The van der Waals surface area contributed by atoms with Gasteiger partial charge in [-0.3, -0.25) is 19.3 Å². The van der Waals surface area contributed by atoms with Crippen molar-refractivity contribution in [2.24, 2.45) is 0 Å². The standard InChI is InChI=1S/C22H25N3O4/c1-5-11-23-20(27)21(28)24(22(23)29)13-19(26)18-12-14(2)25(16(18)4)15(3)17-9-7-6-8-10-17/h6-10,12,15H,5,11,13H2,1-4H3/t15-/m0/s1. The Balaban J connectivity index is 1.85. The largest absolute Gasteiger partial charge is 0.341 e. The van der Waals surface area contributed by atoms with E-state index in [4.69, 9.17) is 0 Å². The summed E-state index contributed by atoms with van der Waals surface area (Å²) in [6, 6.07) is 11.0. The molecule has 0 unspecified atom stereocenters. The third kappa shape index (κ3) is 3.60. The van der Waals surface area contributed by atoms with Gasteiger partial charge in [0.1, 0.15) is 0 Å². The van der Waals surface area contributed by atoms with Crippen molar-refractivity contribution in [3.05, 3.63) is 58.9 Å². The van der Waals surface area contributed by atoms with Crippen molar-refractivity contribution in [3.63, 3.8) is 0 Å². The third-order valence-electron chi connectivity index (χ3n) is 5.34. The van der Waals surface area contributed by atoms with E-state index >= 15 is 0 Å². The first kappa shape index (κ1) is 20.5. The summed E-state index contributed by atoms with van der Waals surface area (Å²) in [5, 5.41) is 0. The summed E-state index contributed by atoms with van der Waals surface area (Å²) in [7, 11) is 0. The summed E-state index contributed by atoms with van der Waals surface area (Å²) in [5.74, 6) is -2.17. The summed E-state index contributed by atoms with van der Waals surface area (Å²) in [6.07, 6.45) is 0.547. The molecule has 1 aliphatic heterocycles. The van der Waals surface area contributed by atoms with Gasteiger partial charge in [0.15, 0.2) is 5.78 Å². The van der Waals surface area contributed by atoms with Crippen LogP contribution in [0.5, 0.6) is 0 Å². The first-order valence-corrected chi connectivity index (χ1v) is 9.71. The molecule has 0 N–H and O–H groups in total. The SMILES string of the molecule is CCCN1C(=O)C(=O)N(CC(=O)c2cc(C)n([C@@H](C)c3ccccc3)c2C)C1=O. The second-order valence-corrected chi connectivity index (χ2v) is 7.30. The monoisotopic (exact) mass is 395 g/mol. The number of rotatable bonds is 7. The van der Waals surface area contributed by atoms with E-state index in [-0.39, 0.29) is 18.4 Å². The van der Waals surface area contributed by atoms with Crippen molar-refractivity contribution >= 4 is 23.6 Å². The number of hydrogen-bond donors (Lipinski definition) is 0. The van der Waals surface area contributed by atoms with Crippen LogP contribution in [-0.2, 0) is 9.59 Å². The highest BCUT2D eigenvalue weighted by molar-refractivity contribution is 6.45. The Morgan fingerprint density at radius 2 is 1.62 bits per heavy atom. The smallest absolute Gasteiger partial charge is 0.334 e. The second kappa shape index (κ2) is 8.03. The van der Waals surface area contributed by atoms with Gasteiger partial charge in [-0.25, -0.2) is 9.69 Å². The Labute approximate surface area is 169 Å². The minimum absolute atomic E-state index is 0.0226. The van der Waals surface area contributed by atoms with E-state index in [0.29, 0.717) is 12.0 Å². The average molecular weight is 395 g/mol. The Morgan fingerprint density at radius 3 is 2.24 bits per heavy atom. The van der Waals surface area contributed by atoms with Crippen molar-refractivity contribution in [1.82, 2.24) is 14.4 Å². The van der Waals surface area contributed by atoms with Crippen LogP contribution in [0.2, 0.25) is 0 Å². The van der Waals surface area contributed by atoms with Crippen molar-refractivity contribution in [2.75, 3.05) is 13.1 Å². The fourth-order valence-corrected chi connectivity index (χ4v) is 3.88. The molecule has 7 heteroatoms. The lowest BCUT2D eigenvalue weighted by Gasteiger charge is -2.19. The molecule has 29 heavy (non-hydrogen) atoms. The Morgan fingerprint density at radius 1 is 1.00 bits per heavy atom. The highest BCUT2D eigenvalue weighted by Crippen LogP contribution is 2.26. The van der Waals surface area contributed by atoms with E-state index in [0.717, 1.165) is 26.8 Å². The molecule has 0 spiro atoms. The van der Waals surface area contributed by atoms with Gasteiger partial charge in [-0.1, -0.05) is 37.3 Å². The molecule has 2 aromatic rings. The highest BCUT2D eigenvalue weighted by Gasteiger charge is 2.44. The number of carbonyl (C=O) groups excluding carboxylic acids is 4. The molecular weight excluding hydrogens is 370 g/mol. The number of ketones is 1. The number of Topliss-reactive ketones (excluding diaryl/α,β-unsaturated/α-hetero) is 1. The van der Waals surface area contributed by atoms with Crippen LogP contribution in [0.15, 0.2) is 36.4 Å². The maximum absolute atomic E-state index is 12.9. The number of benzene rings is 1. The zero-order chi connectivity index (χ0) is 21.3. The molecule has 0 radical (unpaired) electrons. The third-order valence-corrected chi connectivity index (χ3v) is 5.34. The van der Waals surface area contributed by atoms with E-state index in [1.165, 1.54) is 0 Å². The van der Waals surface area contributed by atoms with Crippen LogP contribution in [0.3, 0.4) is 0 Å². The molecule has 0 bridgehead atoms. The second-order valence-electron chi connectivity index (χ2n) is 7.30. The van der Waals surface area contributed by atoms with Gasteiger partial charge in [0.2, 0.25) is 0 Å². The summed E-state index contributed by atoms with van der Waals surface area (Å²) >= 11 is 0. The van der Waals surface area contributed by atoms with E-state index in [1.807, 2.05) is 51.1 Å². The van der Waals surface area contributed by atoms with Gasteiger partial charge in [-0.15, -0.1) is 0 Å². The number of carbonyl (C=O) groups is 4. The number of imide groups is 2. The predicted octanol–water partition coefficient (Wildman–Crippen LogP) is 3.10. The van der Waals surface area contributed by atoms with E-state index in [1.54, 1.807) is 6.07 Å². The van der Waals surface area contributed by atoms with Gasteiger partial charge < -0.3 is 4.57 Å². The van der Waals surface area contributed by atoms with Crippen LogP contribution in [0.4, 0.5) is 4.79 Å². The first-order valence-electron chi connectivity index (χ1n) is 9.71.